The number of likely N-dealkylation sites (tertiary alicyclic amines) is 1. The van der Waals surface area contributed by atoms with Gasteiger partial charge in [-0.05, 0) is 49.3 Å². The van der Waals surface area contributed by atoms with Crippen molar-refractivity contribution >= 4 is 10.8 Å². The van der Waals surface area contributed by atoms with Crippen LogP contribution in [-0.4, -0.2) is 52.6 Å². The van der Waals surface area contributed by atoms with Crippen LogP contribution in [0.4, 0.5) is 0 Å². The van der Waals surface area contributed by atoms with E-state index < -0.39 is 16.6 Å². The molecule has 3 fully saturated rings. The molecule has 1 aromatic rings. The first-order valence-corrected chi connectivity index (χ1v) is 12.7. The number of piperidine rings is 1. The van der Waals surface area contributed by atoms with Gasteiger partial charge < -0.3 is 14.2 Å². The van der Waals surface area contributed by atoms with Crippen LogP contribution in [0.2, 0.25) is 0 Å². The molecule has 5 rings (SSSR count). The average molecular weight is 420 g/mol. The fourth-order valence-corrected chi connectivity index (χ4v) is 6.71. The van der Waals surface area contributed by atoms with Gasteiger partial charge in [-0.3, -0.25) is 9.11 Å². The molecular formula is C23H33NO4S. The van der Waals surface area contributed by atoms with E-state index in [0.29, 0.717) is 12.5 Å². The van der Waals surface area contributed by atoms with Crippen LogP contribution in [0.5, 0.6) is 5.75 Å². The Labute approximate surface area is 176 Å². The monoisotopic (exact) mass is 419 g/mol. The Morgan fingerprint density at radius 1 is 1.17 bits per heavy atom. The zero-order chi connectivity index (χ0) is 19.8. The van der Waals surface area contributed by atoms with E-state index in [2.05, 4.69) is 23.1 Å². The Morgan fingerprint density at radius 2 is 1.93 bits per heavy atom. The molecule has 6 heteroatoms. The molecule has 2 saturated heterocycles. The van der Waals surface area contributed by atoms with Gasteiger partial charge in [0.15, 0.2) is 0 Å². The van der Waals surface area contributed by atoms with E-state index in [1.54, 1.807) is 7.11 Å². The molecule has 4 aliphatic rings. The topological polar surface area (TPSA) is 48.0 Å². The fraction of sp³-hybridized carbons (Fsp3) is 0.739. The number of nitrogens with zero attached hydrogens (tertiary/aromatic N) is 1. The quantitative estimate of drug-likeness (QED) is 0.743. The minimum absolute atomic E-state index is 0.0548. The van der Waals surface area contributed by atoms with Gasteiger partial charge in [0.1, 0.15) is 5.75 Å². The van der Waals surface area contributed by atoms with Crippen molar-refractivity contribution in [2.24, 2.45) is 5.92 Å². The van der Waals surface area contributed by atoms with Gasteiger partial charge in [-0.15, -0.1) is 0 Å². The van der Waals surface area contributed by atoms with E-state index in [-0.39, 0.29) is 6.10 Å². The van der Waals surface area contributed by atoms with Gasteiger partial charge in [0, 0.05) is 67.0 Å². The molecular weight excluding hydrogens is 386 g/mol. The first-order valence-electron chi connectivity index (χ1n) is 11.2. The number of ether oxygens (including phenoxy) is 3. The third kappa shape index (κ3) is 4.01. The van der Waals surface area contributed by atoms with E-state index >= 15 is 0 Å². The molecule has 1 aromatic carbocycles. The number of fused-ring (bicyclic) bond motifs is 1. The van der Waals surface area contributed by atoms with Crippen LogP contribution in [0.1, 0.15) is 62.2 Å². The van der Waals surface area contributed by atoms with Crippen LogP contribution in [-0.2, 0) is 26.9 Å². The minimum Gasteiger partial charge on any atom is -0.462 e. The maximum atomic E-state index is 11.7. The number of rotatable bonds is 4. The Balaban J connectivity index is 1.26. The molecule has 0 aromatic heterocycles. The van der Waals surface area contributed by atoms with Gasteiger partial charge in [0.25, 0.3) is 0 Å². The molecule has 3 aliphatic heterocycles. The second kappa shape index (κ2) is 8.29. The van der Waals surface area contributed by atoms with Crippen LogP contribution in [0, 0.1) is 5.92 Å². The highest BCUT2D eigenvalue weighted by molar-refractivity contribution is 7.85. The molecule has 0 amide bonds. The molecule has 1 saturated carbocycles. The maximum absolute atomic E-state index is 11.7. The molecule has 1 atom stereocenters. The second-order valence-corrected chi connectivity index (χ2v) is 10.8. The Bertz CT molecular complexity index is 747. The van der Waals surface area contributed by atoms with Crippen molar-refractivity contribution in [3.8, 4) is 5.75 Å². The fourth-order valence-electron chi connectivity index (χ4n) is 5.37. The molecule has 1 aliphatic carbocycles. The first-order chi connectivity index (χ1) is 14.2. The highest BCUT2D eigenvalue weighted by atomic mass is 32.2. The Hall–Kier alpha value is -0.950. The van der Waals surface area contributed by atoms with Crippen LogP contribution in [0.15, 0.2) is 18.2 Å². The summed E-state index contributed by atoms with van der Waals surface area (Å²) in [6.45, 7) is 2.76. The summed E-state index contributed by atoms with van der Waals surface area (Å²) in [6, 6.07) is 7.27. The van der Waals surface area contributed by atoms with Gasteiger partial charge in [-0.2, -0.15) is 0 Å². The predicted octanol–water partition coefficient (Wildman–Crippen LogP) is 3.79. The lowest BCUT2D eigenvalue weighted by Gasteiger charge is -2.47. The SMILES string of the molecule is COC(c1ccc2c(c1)COC1(CCN(C3CCC3)CC1)O2)C1CCS(=O)CC1. The van der Waals surface area contributed by atoms with Gasteiger partial charge >= 0.3 is 0 Å². The number of hydrogen-bond acceptors (Lipinski definition) is 5. The van der Waals surface area contributed by atoms with Crippen molar-refractivity contribution in [1.82, 2.24) is 4.90 Å². The Morgan fingerprint density at radius 3 is 2.59 bits per heavy atom. The van der Waals surface area contributed by atoms with Crippen LogP contribution < -0.4 is 4.74 Å². The largest absolute Gasteiger partial charge is 0.462 e. The van der Waals surface area contributed by atoms with Gasteiger partial charge in [0.05, 0.1) is 12.7 Å². The molecule has 1 unspecified atom stereocenters. The summed E-state index contributed by atoms with van der Waals surface area (Å²) < 4.78 is 30.3. The number of benzene rings is 1. The molecule has 0 N–H and O–H groups in total. The van der Waals surface area contributed by atoms with E-state index in [9.17, 15) is 4.21 Å². The summed E-state index contributed by atoms with van der Waals surface area (Å²) >= 11 is 0. The highest BCUT2D eigenvalue weighted by Gasteiger charge is 2.43. The molecule has 5 nitrogen and oxygen atoms in total. The summed E-state index contributed by atoms with van der Waals surface area (Å²) in [5.41, 5.74) is 2.31. The van der Waals surface area contributed by atoms with Crippen LogP contribution in [0.3, 0.4) is 0 Å². The molecule has 0 radical (unpaired) electrons. The van der Waals surface area contributed by atoms with Crippen molar-refractivity contribution in [2.75, 3.05) is 31.7 Å². The first kappa shape index (κ1) is 20.0. The summed E-state index contributed by atoms with van der Waals surface area (Å²) in [6.07, 6.45) is 7.99. The minimum atomic E-state index is -0.646. The van der Waals surface area contributed by atoms with Crippen molar-refractivity contribution in [1.29, 1.82) is 0 Å². The van der Waals surface area contributed by atoms with Crippen molar-refractivity contribution in [3.63, 3.8) is 0 Å². The standard InChI is InChI=1S/C23H33NO4S/c1-26-22(17-7-13-29(25)14-8-17)18-5-6-21-19(15-18)16-27-23(28-21)9-11-24(12-10-23)20-3-2-4-20/h5-6,15,17,20,22H,2-4,7-14,16H2,1H3. The summed E-state index contributed by atoms with van der Waals surface area (Å²) in [5, 5.41) is 0. The second-order valence-electron chi connectivity index (χ2n) is 9.13. The predicted molar refractivity (Wildman–Crippen MR) is 113 cm³/mol. The molecule has 29 heavy (non-hydrogen) atoms. The van der Waals surface area contributed by atoms with Crippen molar-refractivity contribution < 1.29 is 18.4 Å². The average Bonchev–Trinajstić information content (AvgIpc) is 2.71. The zero-order valence-corrected chi connectivity index (χ0v) is 18.3. The lowest BCUT2D eigenvalue weighted by atomic mass is 9.88. The van der Waals surface area contributed by atoms with Crippen molar-refractivity contribution in [2.45, 2.75) is 69.5 Å². The third-order valence-electron chi connectivity index (χ3n) is 7.47. The number of hydrogen-bond donors (Lipinski definition) is 0. The van der Waals surface area contributed by atoms with Gasteiger partial charge in [0.2, 0.25) is 5.79 Å². The molecule has 160 valence electrons. The molecule has 0 bridgehead atoms. The molecule has 1 spiro atoms. The number of methoxy groups -OCH3 is 1. The summed E-state index contributed by atoms with van der Waals surface area (Å²) in [7, 11) is 1.14. The molecule has 3 heterocycles. The van der Waals surface area contributed by atoms with Crippen LogP contribution in [0.25, 0.3) is 0 Å². The lowest BCUT2D eigenvalue weighted by Crippen LogP contribution is -2.54. The van der Waals surface area contributed by atoms with E-state index in [4.69, 9.17) is 14.2 Å². The van der Waals surface area contributed by atoms with Gasteiger partial charge in [-0.25, -0.2) is 0 Å². The summed E-state index contributed by atoms with van der Waals surface area (Å²) in [5.74, 6) is 2.55. The highest BCUT2D eigenvalue weighted by Crippen LogP contribution is 2.41. The van der Waals surface area contributed by atoms with Gasteiger partial charge in [-0.1, -0.05) is 12.5 Å². The lowest BCUT2D eigenvalue weighted by molar-refractivity contribution is -0.231. The van der Waals surface area contributed by atoms with E-state index in [0.717, 1.165) is 67.6 Å². The van der Waals surface area contributed by atoms with Crippen molar-refractivity contribution in [3.05, 3.63) is 29.3 Å². The Kier molecular flexibility index (Phi) is 5.71. The third-order valence-corrected chi connectivity index (χ3v) is 8.85. The summed E-state index contributed by atoms with van der Waals surface area (Å²) in [4.78, 5) is 2.63. The smallest absolute Gasteiger partial charge is 0.213 e. The van der Waals surface area contributed by atoms with E-state index in [1.807, 2.05) is 0 Å². The maximum Gasteiger partial charge on any atom is 0.213 e. The van der Waals surface area contributed by atoms with Crippen LogP contribution >= 0.6 is 0 Å². The van der Waals surface area contributed by atoms with E-state index in [1.165, 1.54) is 24.8 Å². The normalized spacial score (nSPS) is 30.9. The zero-order valence-electron chi connectivity index (χ0n) is 17.4.